The van der Waals surface area contributed by atoms with Gasteiger partial charge in [-0.15, -0.1) is 0 Å². The van der Waals surface area contributed by atoms with Crippen molar-refractivity contribution in [1.82, 2.24) is 10.6 Å². The molecule has 2 unspecified atom stereocenters. The van der Waals surface area contributed by atoms with E-state index in [1.165, 1.54) is 14.2 Å². The summed E-state index contributed by atoms with van der Waals surface area (Å²) >= 11 is 0. The van der Waals surface area contributed by atoms with E-state index in [9.17, 15) is 38.4 Å². The van der Waals surface area contributed by atoms with Gasteiger partial charge in [0.2, 0.25) is 0 Å². The van der Waals surface area contributed by atoms with Crippen molar-refractivity contribution in [3.8, 4) is 0 Å². The summed E-state index contributed by atoms with van der Waals surface area (Å²) in [6.45, 7) is 16.8. The maximum Gasteiger partial charge on any atom is 0.338 e. The van der Waals surface area contributed by atoms with E-state index >= 15 is 0 Å². The Morgan fingerprint density at radius 2 is 1.18 bits per heavy atom. The number of hydrogen-bond acceptors (Lipinski definition) is 12. The third-order valence-corrected chi connectivity index (χ3v) is 10.5. The molecule has 2 heterocycles. The minimum absolute atomic E-state index is 0.0568. The van der Waals surface area contributed by atoms with E-state index in [1.54, 1.807) is 39.0 Å². The number of carboxylic acids is 1. The summed E-state index contributed by atoms with van der Waals surface area (Å²) in [6, 6.07) is 10.7. The predicted molar refractivity (Wildman–Crippen MR) is 210 cm³/mol. The number of rotatable bonds is 9. The third-order valence-electron chi connectivity index (χ3n) is 10.5. The lowest BCUT2D eigenvalue weighted by molar-refractivity contribution is -0.152. The van der Waals surface area contributed by atoms with E-state index in [1.807, 2.05) is 59.7 Å². The average Bonchev–Trinajstić information content (AvgIpc) is 3.65. The first-order valence-corrected chi connectivity index (χ1v) is 18.6. The number of nitrogens with zero attached hydrogens (tertiary/aromatic N) is 2. The minimum Gasteiger partial charge on any atom is -0.481 e. The Bertz CT molecular complexity index is 2030. The van der Waals surface area contributed by atoms with Gasteiger partial charge in [0.25, 0.3) is 11.8 Å². The number of nitrogens with one attached hydrogen (secondary N) is 2. The van der Waals surface area contributed by atoms with E-state index in [4.69, 9.17) is 14.6 Å². The van der Waals surface area contributed by atoms with Gasteiger partial charge in [0.05, 0.1) is 31.3 Å². The molecule has 57 heavy (non-hydrogen) atoms. The monoisotopic (exact) mass is 788 g/mol. The van der Waals surface area contributed by atoms with Crippen LogP contribution in [0.2, 0.25) is 0 Å². The summed E-state index contributed by atoms with van der Waals surface area (Å²) in [6.07, 6.45) is -0.297. The lowest BCUT2D eigenvalue weighted by Crippen LogP contribution is -2.41. The van der Waals surface area contributed by atoms with E-state index in [0.29, 0.717) is 33.9 Å². The molecule has 2 aromatic rings. The Morgan fingerprint density at radius 1 is 0.737 bits per heavy atom. The Kier molecular flexibility index (Phi) is 14.7. The number of ether oxygens (including phenoxy) is 2. The normalized spacial score (nSPS) is 22.6. The van der Waals surface area contributed by atoms with Gasteiger partial charge in [0.15, 0.2) is 17.3 Å². The van der Waals surface area contributed by atoms with Gasteiger partial charge in [-0.25, -0.2) is 9.59 Å². The fourth-order valence-corrected chi connectivity index (χ4v) is 6.12. The number of aryl methyl sites for hydroxylation is 2. The Morgan fingerprint density at radius 3 is 1.60 bits per heavy atom. The van der Waals surface area contributed by atoms with Crippen LogP contribution >= 0.6 is 0 Å². The van der Waals surface area contributed by atoms with Gasteiger partial charge >= 0.3 is 17.9 Å². The second-order valence-electron chi connectivity index (χ2n) is 15.1. The molecule has 1 aliphatic carbocycles. The van der Waals surface area contributed by atoms with Crippen molar-refractivity contribution < 1.29 is 52.9 Å². The van der Waals surface area contributed by atoms with Crippen molar-refractivity contribution >= 4 is 58.7 Å². The molecular weight excluding hydrogens is 736 g/mol. The van der Waals surface area contributed by atoms with Crippen LogP contribution in [0.1, 0.15) is 111 Å². The topological polar surface area (TPSA) is 224 Å². The van der Waals surface area contributed by atoms with E-state index in [0.717, 1.165) is 11.1 Å². The summed E-state index contributed by atoms with van der Waals surface area (Å²) in [4.78, 5) is 102. The van der Waals surface area contributed by atoms with Crippen LogP contribution in [-0.2, 0) is 38.2 Å². The molecule has 1 saturated carbocycles. The second kappa shape index (κ2) is 18.4. The molecule has 3 N–H and O–H groups in total. The first-order chi connectivity index (χ1) is 26.5. The fraction of sp³-hybridized carbons (Fsp3) is 0.476. The highest BCUT2D eigenvalue weighted by molar-refractivity contribution is 6.22. The number of carboxylic acid groups (broad SMARTS) is 1. The van der Waals surface area contributed by atoms with Gasteiger partial charge in [0, 0.05) is 30.4 Å². The molecule has 1 fully saturated rings. The highest BCUT2D eigenvalue weighted by atomic mass is 16.5. The number of aliphatic carboxylic acids is 1. The highest BCUT2D eigenvalue weighted by Crippen LogP contribution is 2.30. The molecule has 0 bridgehead atoms. The highest BCUT2D eigenvalue weighted by Gasteiger charge is 2.44. The van der Waals surface area contributed by atoms with Crippen LogP contribution < -0.4 is 10.6 Å². The van der Waals surface area contributed by atoms with Crippen LogP contribution in [0.3, 0.4) is 0 Å². The molecule has 2 aliphatic heterocycles. The van der Waals surface area contributed by atoms with Crippen LogP contribution in [0.4, 0.5) is 0 Å². The van der Waals surface area contributed by atoms with Crippen LogP contribution in [0.25, 0.3) is 0 Å². The molecule has 0 spiro atoms. The third kappa shape index (κ3) is 9.94. The SMILES string of the molecule is CCC(=O)C1C(=O)CC(C(=O)O)CC1=O.COC(=O)c1cc(C)ccc1C1=NC(C)(C(C)C)C(=O)N1.COC(=O)c1ccc(C)cc1C1=NC(C)(C(C)C)C(=O)N1. The summed E-state index contributed by atoms with van der Waals surface area (Å²) in [5.74, 6) is -5.03. The number of Topliss-reactive ketones (excluding diaryl/α,β-unsaturated/α-hetero) is 3. The Hall–Kier alpha value is -5.86. The number of amides is 2. The molecule has 3 aliphatic rings. The summed E-state index contributed by atoms with van der Waals surface area (Å²) < 4.78 is 9.61. The van der Waals surface area contributed by atoms with Gasteiger partial charge < -0.3 is 25.2 Å². The maximum absolute atomic E-state index is 12.2. The first-order valence-electron chi connectivity index (χ1n) is 18.6. The van der Waals surface area contributed by atoms with E-state index < -0.39 is 58.2 Å². The van der Waals surface area contributed by atoms with Crippen LogP contribution in [0, 0.1) is 37.5 Å². The minimum atomic E-state index is -1.20. The fourth-order valence-electron chi connectivity index (χ4n) is 6.12. The lowest BCUT2D eigenvalue weighted by Gasteiger charge is -2.22. The van der Waals surface area contributed by atoms with Gasteiger partial charge in [-0.3, -0.25) is 38.8 Å². The second-order valence-corrected chi connectivity index (χ2v) is 15.1. The quantitative estimate of drug-likeness (QED) is 0.239. The van der Waals surface area contributed by atoms with Gasteiger partial charge in [-0.2, -0.15) is 0 Å². The van der Waals surface area contributed by atoms with Crippen molar-refractivity contribution in [3.05, 3.63) is 69.8 Å². The molecule has 5 rings (SSSR count). The number of benzene rings is 2. The number of carbonyl (C=O) groups excluding carboxylic acids is 7. The Labute approximate surface area is 332 Å². The molecular formula is C42H52N4O11. The number of esters is 2. The zero-order valence-corrected chi connectivity index (χ0v) is 34.3. The zero-order chi connectivity index (χ0) is 43.2. The average molecular weight is 789 g/mol. The van der Waals surface area contributed by atoms with Crippen molar-refractivity contribution in [1.29, 1.82) is 0 Å². The van der Waals surface area contributed by atoms with Crippen molar-refractivity contribution in [3.63, 3.8) is 0 Å². The number of amidine groups is 2. The molecule has 0 radical (unpaired) electrons. The molecule has 15 nitrogen and oxygen atoms in total. The van der Waals surface area contributed by atoms with Gasteiger partial charge in [0.1, 0.15) is 28.7 Å². The van der Waals surface area contributed by atoms with E-state index in [-0.39, 0.29) is 42.9 Å². The van der Waals surface area contributed by atoms with Crippen molar-refractivity contribution in [2.24, 2.45) is 33.7 Å². The standard InChI is InChI=1S/2C16H20N2O3.C10H12O5/c1-9(2)16(4)15(20)17-13(18-16)12-8-10(3)6-7-11(12)14(19)21-5;1-9(2)16(4)15(20)17-13(18-16)11-7-6-10(3)8-12(11)14(19)21-5;1-2-6(11)9-7(12)3-5(10(14)15)4-8(9)13/h2*6-9H,1-5H3,(H,17,18,20);5,9H,2-4H2,1H3,(H,14,15). The van der Waals surface area contributed by atoms with Gasteiger partial charge in [-0.05, 0) is 57.7 Å². The molecule has 306 valence electrons. The number of ketones is 3. The summed E-state index contributed by atoms with van der Waals surface area (Å²) in [5, 5.41) is 14.2. The van der Waals surface area contributed by atoms with Crippen molar-refractivity contribution in [2.45, 2.75) is 92.7 Å². The number of aliphatic imine (C=N–C) groups is 2. The molecule has 0 saturated heterocycles. The smallest absolute Gasteiger partial charge is 0.338 e. The summed E-state index contributed by atoms with van der Waals surface area (Å²) in [7, 11) is 2.67. The predicted octanol–water partition coefficient (Wildman–Crippen LogP) is 4.36. The number of methoxy groups -OCH3 is 2. The molecule has 2 atom stereocenters. The molecule has 2 amide bonds. The maximum atomic E-state index is 12.2. The van der Waals surface area contributed by atoms with Crippen LogP contribution in [0.5, 0.6) is 0 Å². The van der Waals surface area contributed by atoms with E-state index in [2.05, 4.69) is 20.6 Å². The zero-order valence-electron chi connectivity index (χ0n) is 34.3. The Balaban J connectivity index is 0.000000233. The number of hydrogen-bond donors (Lipinski definition) is 3. The van der Waals surface area contributed by atoms with Crippen molar-refractivity contribution in [2.75, 3.05) is 14.2 Å². The molecule has 0 aromatic heterocycles. The van der Waals surface area contributed by atoms with Crippen LogP contribution in [0.15, 0.2) is 46.4 Å². The molecule has 2 aromatic carbocycles. The largest absolute Gasteiger partial charge is 0.481 e. The number of carbonyl (C=O) groups is 8. The van der Waals surface area contributed by atoms with Gasteiger partial charge in [-0.1, -0.05) is 63.9 Å². The molecule has 15 heteroatoms. The van der Waals surface area contributed by atoms with Crippen LogP contribution in [-0.4, -0.2) is 89.1 Å². The lowest BCUT2D eigenvalue weighted by atomic mass is 9.77. The summed E-state index contributed by atoms with van der Waals surface area (Å²) in [5.41, 5.74) is 2.29. The first kappa shape index (κ1) is 45.5.